The van der Waals surface area contributed by atoms with Crippen LogP contribution < -0.4 is 4.74 Å². The molecule has 0 saturated carbocycles. The Morgan fingerprint density at radius 2 is 1.48 bits per heavy atom. The SMILES string of the molecule is COc1ccc(CN2CCN(Cc3ccc(F)cc3)CC2)cn1. The van der Waals surface area contributed by atoms with Crippen LogP contribution in [0.1, 0.15) is 11.1 Å². The summed E-state index contributed by atoms with van der Waals surface area (Å²) in [4.78, 5) is 9.10. The molecule has 1 aliphatic heterocycles. The largest absolute Gasteiger partial charge is 0.481 e. The van der Waals surface area contributed by atoms with E-state index in [1.165, 1.54) is 23.3 Å². The third kappa shape index (κ3) is 4.50. The van der Waals surface area contributed by atoms with Gasteiger partial charge in [0.2, 0.25) is 5.88 Å². The van der Waals surface area contributed by atoms with E-state index in [4.69, 9.17) is 4.74 Å². The zero-order valence-corrected chi connectivity index (χ0v) is 13.4. The van der Waals surface area contributed by atoms with Crippen molar-refractivity contribution in [2.24, 2.45) is 0 Å². The first-order valence-corrected chi connectivity index (χ1v) is 7.91. The minimum Gasteiger partial charge on any atom is -0.481 e. The Bertz CT molecular complexity index is 607. The minimum absolute atomic E-state index is 0.174. The highest BCUT2D eigenvalue weighted by Gasteiger charge is 2.17. The molecular weight excluding hydrogens is 293 g/mol. The van der Waals surface area contributed by atoms with Gasteiger partial charge < -0.3 is 4.74 Å². The molecule has 0 radical (unpaired) electrons. The summed E-state index contributed by atoms with van der Waals surface area (Å²) in [5.74, 6) is 0.476. The number of ether oxygens (including phenoxy) is 1. The maximum absolute atomic E-state index is 12.9. The molecule has 1 fully saturated rings. The van der Waals surface area contributed by atoms with Crippen LogP contribution in [0.4, 0.5) is 4.39 Å². The minimum atomic E-state index is -0.174. The lowest BCUT2D eigenvalue weighted by molar-refractivity contribution is 0.122. The molecule has 0 bridgehead atoms. The lowest BCUT2D eigenvalue weighted by Crippen LogP contribution is -2.45. The normalized spacial score (nSPS) is 16.4. The Labute approximate surface area is 136 Å². The molecule has 2 heterocycles. The number of piperazine rings is 1. The maximum Gasteiger partial charge on any atom is 0.212 e. The molecular formula is C18H22FN3O. The van der Waals surface area contributed by atoms with E-state index in [0.29, 0.717) is 5.88 Å². The van der Waals surface area contributed by atoms with Crippen molar-refractivity contribution >= 4 is 0 Å². The predicted octanol–water partition coefficient (Wildman–Crippen LogP) is 2.55. The Morgan fingerprint density at radius 1 is 0.913 bits per heavy atom. The first-order valence-electron chi connectivity index (χ1n) is 7.91. The molecule has 1 aliphatic rings. The van der Waals surface area contributed by atoms with Crippen LogP contribution in [0.3, 0.4) is 0 Å². The van der Waals surface area contributed by atoms with Crippen LogP contribution in [-0.2, 0) is 13.1 Å². The van der Waals surface area contributed by atoms with Gasteiger partial charge in [0.15, 0.2) is 0 Å². The number of nitrogens with zero attached hydrogens (tertiary/aromatic N) is 3. The summed E-state index contributed by atoms with van der Waals surface area (Å²) in [6.45, 7) is 5.93. The van der Waals surface area contributed by atoms with Crippen LogP contribution in [0.25, 0.3) is 0 Å². The molecule has 1 aromatic heterocycles. The molecule has 4 nitrogen and oxygen atoms in total. The highest BCUT2D eigenvalue weighted by Crippen LogP contribution is 2.13. The number of rotatable bonds is 5. The van der Waals surface area contributed by atoms with E-state index in [2.05, 4.69) is 20.9 Å². The van der Waals surface area contributed by atoms with Crippen LogP contribution in [-0.4, -0.2) is 48.1 Å². The molecule has 23 heavy (non-hydrogen) atoms. The van der Waals surface area contributed by atoms with Crippen LogP contribution in [0, 0.1) is 5.82 Å². The van der Waals surface area contributed by atoms with E-state index < -0.39 is 0 Å². The molecule has 0 atom stereocenters. The van der Waals surface area contributed by atoms with Gasteiger partial charge in [0.1, 0.15) is 5.82 Å². The number of hydrogen-bond donors (Lipinski definition) is 0. The molecule has 0 spiro atoms. The summed E-state index contributed by atoms with van der Waals surface area (Å²) < 4.78 is 18.0. The third-order valence-corrected chi connectivity index (χ3v) is 4.20. The summed E-state index contributed by atoms with van der Waals surface area (Å²) >= 11 is 0. The third-order valence-electron chi connectivity index (χ3n) is 4.20. The van der Waals surface area contributed by atoms with Gasteiger partial charge in [-0.1, -0.05) is 18.2 Å². The van der Waals surface area contributed by atoms with E-state index in [1.807, 2.05) is 24.4 Å². The monoisotopic (exact) mass is 315 g/mol. The van der Waals surface area contributed by atoms with Gasteiger partial charge in [-0.3, -0.25) is 9.80 Å². The summed E-state index contributed by atoms with van der Waals surface area (Å²) in [6, 6.07) is 10.8. The van der Waals surface area contributed by atoms with E-state index in [1.54, 1.807) is 7.11 Å². The number of aromatic nitrogens is 1. The number of methoxy groups -OCH3 is 1. The van der Waals surface area contributed by atoms with Gasteiger partial charge >= 0.3 is 0 Å². The quantitative estimate of drug-likeness (QED) is 0.848. The van der Waals surface area contributed by atoms with Crippen molar-refractivity contribution in [1.82, 2.24) is 14.8 Å². The highest BCUT2D eigenvalue weighted by molar-refractivity contribution is 5.18. The molecule has 5 heteroatoms. The smallest absolute Gasteiger partial charge is 0.212 e. The topological polar surface area (TPSA) is 28.6 Å². The average molecular weight is 315 g/mol. The molecule has 3 rings (SSSR count). The lowest BCUT2D eigenvalue weighted by Gasteiger charge is -2.34. The van der Waals surface area contributed by atoms with Crippen molar-refractivity contribution in [3.8, 4) is 5.88 Å². The van der Waals surface area contributed by atoms with Gasteiger partial charge in [-0.05, 0) is 23.3 Å². The zero-order chi connectivity index (χ0) is 16.1. The van der Waals surface area contributed by atoms with Crippen molar-refractivity contribution < 1.29 is 9.13 Å². The second kappa shape index (κ2) is 7.53. The molecule has 122 valence electrons. The van der Waals surface area contributed by atoms with Crippen LogP contribution in [0.2, 0.25) is 0 Å². The lowest BCUT2D eigenvalue weighted by atomic mass is 10.2. The summed E-state index contributed by atoms with van der Waals surface area (Å²) in [6.07, 6.45) is 1.88. The van der Waals surface area contributed by atoms with Crippen molar-refractivity contribution in [3.63, 3.8) is 0 Å². The Morgan fingerprint density at radius 3 is 2.00 bits per heavy atom. The summed E-state index contributed by atoms with van der Waals surface area (Å²) in [5.41, 5.74) is 2.37. The van der Waals surface area contributed by atoms with Gasteiger partial charge in [0.25, 0.3) is 0 Å². The van der Waals surface area contributed by atoms with Gasteiger partial charge in [-0.15, -0.1) is 0 Å². The van der Waals surface area contributed by atoms with E-state index >= 15 is 0 Å². The maximum atomic E-state index is 12.9. The summed E-state index contributed by atoms with van der Waals surface area (Å²) in [7, 11) is 1.63. The van der Waals surface area contributed by atoms with Crippen molar-refractivity contribution in [2.45, 2.75) is 13.1 Å². The first kappa shape index (κ1) is 15.9. The fourth-order valence-corrected chi connectivity index (χ4v) is 2.84. The zero-order valence-electron chi connectivity index (χ0n) is 13.4. The molecule has 2 aromatic rings. The van der Waals surface area contributed by atoms with E-state index in [0.717, 1.165) is 39.3 Å². The van der Waals surface area contributed by atoms with Gasteiger partial charge in [-0.2, -0.15) is 0 Å². The number of hydrogen-bond acceptors (Lipinski definition) is 4. The fourth-order valence-electron chi connectivity index (χ4n) is 2.84. The Kier molecular flexibility index (Phi) is 5.20. The molecule has 0 aliphatic carbocycles. The second-order valence-electron chi connectivity index (χ2n) is 5.89. The van der Waals surface area contributed by atoms with Gasteiger partial charge in [0.05, 0.1) is 7.11 Å². The Balaban J connectivity index is 1.47. The van der Waals surface area contributed by atoms with Crippen LogP contribution in [0.15, 0.2) is 42.6 Å². The predicted molar refractivity (Wildman–Crippen MR) is 87.7 cm³/mol. The van der Waals surface area contributed by atoms with Crippen LogP contribution in [0.5, 0.6) is 5.88 Å². The molecule has 1 aromatic carbocycles. The van der Waals surface area contributed by atoms with Gasteiger partial charge in [-0.25, -0.2) is 9.37 Å². The number of benzene rings is 1. The fraction of sp³-hybridized carbons (Fsp3) is 0.389. The Hall–Kier alpha value is -1.98. The van der Waals surface area contributed by atoms with E-state index in [-0.39, 0.29) is 5.82 Å². The van der Waals surface area contributed by atoms with E-state index in [9.17, 15) is 4.39 Å². The molecule has 0 amide bonds. The highest BCUT2D eigenvalue weighted by atomic mass is 19.1. The molecule has 0 N–H and O–H groups in total. The average Bonchev–Trinajstić information content (AvgIpc) is 2.59. The second-order valence-corrected chi connectivity index (χ2v) is 5.89. The standard InChI is InChI=1S/C18H22FN3O/c1-23-18-7-4-16(12-20-18)14-22-10-8-21(9-11-22)13-15-2-5-17(19)6-3-15/h2-7,12H,8-11,13-14H2,1H3. The molecule has 0 unspecified atom stereocenters. The first-order chi connectivity index (χ1) is 11.2. The van der Waals surface area contributed by atoms with Crippen LogP contribution >= 0.6 is 0 Å². The summed E-state index contributed by atoms with van der Waals surface area (Å²) in [5, 5.41) is 0. The number of pyridine rings is 1. The van der Waals surface area contributed by atoms with Crippen molar-refractivity contribution in [2.75, 3.05) is 33.3 Å². The number of halogens is 1. The van der Waals surface area contributed by atoms with Crippen molar-refractivity contribution in [3.05, 3.63) is 59.5 Å². The van der Waals surface area contributed by atoms with Gasteiger partial charge in [0, 0.05) is 51.5 Å². The molecule has 1 saturated heterocycles. The van der Waals surface area contributed by atoms with Crippen molar-refractivity contribution in [1.29, 1.82) is 0 Å².